The number of aryl methyl sites for hydroxylation is 2. The van der Waals surface area contributed by atoms with Crippen molar-refractivity contribution in [2.75, 3.05) is 25.1 Å². The van der Waals surface area contributed by atoms with E-state index in [1.165, 1.54) is 24.0 Å². The van der Waals surface area contributed by atoms with Crippen LogP contribution in [0.1, 0.15) is 27.9 Å². The van der Waals surface area contributed by atoms with Gasteiger partial charge in [-0.1, -0.05) is 12.1 Å². The molecule has 0 saturated carbocycles. The van der Waals surface area contributed by atoms with Crippen LogP contribution < -0.4 is 0 Å². The first-order chi connectivity index (χ1) is 8.75. The number of benzene rings is 1. The minimum Gasteiger partial charge on any atom is -0.295 e. The number of thioether (sulfide) groups is 1. The SMILES string of the molecule is CN1CCSCC1C(=O)c1ccc2c(c1)CCC2. The summed E-state index contributed by atoms with van der Waals surface area (Å²) in [6, 6.07) is 6.39. The number of Topliss-reactive ketones (excluding diaryl/α,β-unsaturated/α-hetero) is 1. The van der Waals surface area contributed by atoms with Gasteiger partial charge in [-0.25, -0.2) is 0 Å². The van der Waals surface area contributed by atoms with Gasteiger partial charge in [-0.05, 0) is 43.5 Å². The van der Waals surface area contributed by atoms with Crippen molar-refractivity contribution in [2.24, 2.45) is 0 Å². The molecule has 3 heteroatoms. The molecule has 0 radical (unpaired) electrons. The Morgan fingerprint density at radius 3 is 3.00 bits per heavy atom. The molecule has 1 aliphatic heterocycles. The number of hydrogen-bond donors (Lipinski definition) is 0. The fraction of sp³-hybridized carbons (Fsp3) is 0.533. The van der Waals surface area contributed by atoms with E-state index in [2.05, 4.69) is 24.1 Å². The summed E-state index contributed by atoms with van der Waals surface area (Å²) in [5.74, 6) is 2.39. The molecule has 2 aliphatic rings. The van der Waals surface area contributed by atoms with E-state index in [1.807, 2.05) is 17.8 Å². The fourth-order valence-electron chi connectivity index (χ4n) is 2.88. The van der Waals surface area contributed by atoms with Gasteiger partial charge in [0.15, 0.2) is 5.78 Å². The molecular weight excluding hydrogens is 242 g/mol. The Bertz CT molecular complexity index is 472. The first kappa shape index (κ1) is 12.2. The van der Waals surface area contributed by atoms with Crippen molar-refractivity contribution in [3.05, 3.63) is 34.9 Å². The molecule has 96 valence electrons. The highest BCUT2D eigenvalue weighted by Gasteiger charge is 2.27. The second-order valence-corrected chi connectivity index (χ2v) is 6.42. The smallest absolute Gasteiger partial charge is 0.180 e. The minimum absolute atomic E-state index is 0.0724. The van der Waals surface area contributed by atoms with Gasteiger partial charge in [0.1, 0.15) is 0 Å². The zero-order valence-corrected chi connectivity index (χ0v) is 11.6. The van der Waals surface area contributed by atoms with Crippen LogP contribution in [-0.4, -0.2) is 41.8 Å². The van der Waals surface area contributed by atoms with Gasteiger partial charge < -0.3 is 0 Å². The van der Waals surface area contributed by atoms with Gasteiger partial charge in [0.2, 0.25) is 0 Å². The number of fused-ring (bicyclic) bond motifs is 1. The summed E-state index contributed by atoms with van der Waals surface area (Å²) in [4.78, 5) is 14.8. The van der Waals surface area contributed by atoms with Gasteiger partial charge in [-0.15, -0.1) is 0 Å². The van der Waals surface area contributed by atoms with Crippen LogP contribution in [0.4, 0.5) is 0 Å². The minimum atomic E-state index is 0.0724. The lowest BCUT2D eigenvalue weighted by Gasteiger charge is -2.30. The van der Waals surface area contributed by atoms with E-state index in [-0.39, 0.29) is 6.04 Å². The molecule has 2 nitrogen and oxygen atoms in total. The van der Waals surface area contributed by atoms with Crippen LogP contribution in [0.3, 0.4) is 0 Å². The van der Waals surface area contributed by atoms with Gasteiger partial charge in [-0.3, -0.25) is 9.69 Å². The molecule has 1 saturated heterocycles. The average molecular weight is 261 g/mol. The van der Waals surface area contributed by atoms with E-state index < -0.39 is 0 Å². The van der Waals surface area contributed by atoms with Crippen LogP contribution in [0.15, 0.2) is 18.2 Å². The monoisotopic (exact) mass is 261 g/mol. The first-order valence-corrected chi connectivity index (χ1v) is 7.85. The summed E-state index contributed by atoms with van der Waals surface area (Å²) in [5.41, 5.74) is 3.75. The number of carbonyl (C=O) groups is 1. The van der Waals surface area contributed by atoms with Crippen LogP contribution >= 0.6 is 11.8 Å². The predicted molar refractivity (Wildman–Crippen MR) is 76.5 cm³/mol. The van der Waals surface area contributed by atoms with E-state index in [9.17, 15) is 4.79 Å². The van der Waals surface area contributed by atoms with Crippen LogP contribution in [0.5, 0.6) is 0 Å². The Hall–Kier alpha value is -0.800. The van der Waals surface area contributed by atoms with Gasteiger partial charge in [0.25, 0.3) is 0 Å². The topological polar surface area (TPSA) is 20.3 Å². The summed E-state index contributed by atoms with van der Waals surface area (Å²) in [5, 5.41) is 0. The van der Waals surface area contributed by atoms with Crippen molar-refractivity contribution < 1.29 is 4.79 Å². The zero-order chi connectivity index (χ0) is 12.5. The molecule has 1 fully saturated rings. The Morgan fingerprint density at radius 2 is 2.17 bits per heavy atom. The Balaban J connectivity index is 1.83. The molecule has 0 N–H and O–H groups in total. The number of ketones is 1. The summed E-state index contributed by atoms with van der Waals surface area (Å²) in [6.45, 7) is 1.02. The highest BCUT2D eigenvalue weighted by Crippen LogP contribution is 2.25. The molecule has 1 atom stereocenters. The summed E-state index contributed by atoms with van der Waals surface area (Å²) >= 11 is 1.89. The van der Waals surface area contributed by atoms with Crippen molar-refractivity contribution in [1.29, 1.82) is 0 Å². The van der Waals surface area contributed by atoms with Crippen LogP contribution in [0.2, 0.25) is 0 Å². The van der Waals surface area contributed by atoms with Crippen molar-refractivity contribution in [2.45, 2.75) is 25.3 Å². The molecule has 1 heterocycles. The number of hydrogen-bond acceptors (Lipinski definition) is 3. The third-order valence-electron chi connectivity index (χ3n) is 4.08. The molecular formula is C15H19NOS. The van der Waals surface area contributed by atoms with Gasteiger partial charge >= 0.3 is 0 Å². The summed E-state index contributed by atoms with van der Waals surface area (Å²) in [6.07, 6.45) is 3.57. The predicted octanol–water partition coefficient (Wildman–Crippen LogP) is 2.41. The maximum absolute atomic E-state index is 12.6. The zero-order valence-electron chi connectivity index (χ0n) is 10.8. The summed E-state index contributed by atoms with van der Waals surface area (Å²) < 4.78 is 0. The molecule has 0 spiro atoms. The van der Waals surface area contributed by atoms with Gasteiger partial charge in [0.05, 0.1) is 6.04 Å². The Morgan fingerprint density at radius 1 is 1.33 bits per heavy atom. The molecule has 1 aromatic carbocycles. The summed E-state index contributed by atoms with van der Waals surface area (Å²) in [7, 11) is 2.07. The number of nitrogens with zero attached hydrogens (tertiary/aromatic N) is 1. The third-order valence-corrected chi connectivity index (χ3v) is 5.10. The number of rotatable bonds is 2. The molecule has 3 rings (SSSR count). The van der Waals surface area contributed by atoms with Gasteiger partial charge in [-0.2, -0.15) is 11.8 Å². The second kappa shape index (κ2) is 5.06. The molecule has 0 aromatic heterocycles. The lowest BCUT2D eigenvalue weighted by atomic mass is 9.99. The van der Waals surface area contributed by atoms with E-state index in [1.54, 1.807) is 0 Å². The Labute approximate surface area is 113 Å². The van der Waals surface area contributed by atoms with E-state index in [0.29, 0.717) is 5.78 Å². The maximum Gasteiger partial charge on any atom is 0.180 e. The van der Waals surface area contributed by atoms with Gasteiger partial charge in [0, 0.05) is 23.6 Å². The number of carbonyl (C=O) groups excluding carboxylic acids is 1. The highest BCUT2D eigenvalue weighted by molar-refractivity contribution is 7.99. The van der Waals surface area contributed by atoms with Crippen molar-refractivity contribution in [3.8, 4) is 0 Å². The highest BCUT2D eigenvalue weighted by atomic mass is 32.2. The maximum atomic E-state index is 12.6. The molecule has 1 aromatic rings. The van der Waals surface area contributed by atoms with Crippen LogP contribution in [0.25, 0.3) is 0 Å². The standard InChI is InChI=1S/C15H19NOS/c1-16-7-8-18-10-14(16)15(17)13-6-5-11-3-2-4-12(11)9-13/h5-6,9,14H,2-4,7-8,10H2,1H3. The lowest BCUT2D eigenvalue weighted by Crippen LogP contribution is -2.44. The van der Waals surface area contributed by atoms with E-state index in [4.69, 9.17) is 0 Å². The van der Waals surface area contributed by atoms with Crippen LogP contribution in [-0.2, 0) is 12.8 Å². The van der Waals surface area contributed by atoms with Crippen molar-refractivity contribution in [1.82, 2.24) is 4.90 Å². The van der Waals surface area contributed by atoms with Crippen molar-refractivity contribution >= 4 is 17.5 Å². The lowest BCUT2D eigenvalue weighted by molar-refractivity contribution is 0.0874. The molecule has 1 aliphatic carbocycles. The second-order valence-electron chi connectivity index (χ2n) is 5.27. The largest absolute Gasteiger partial charge is 0.295 e. The average Bonchev–Trinajstić information content (AvgIpc) is 2.85. The van der Waals surface area contributed by atoms with E-state index >= 15 is 0 Å². The Kier molecular flexibility index (Phi) is 3.44. The van der Waals surface area contributed by atoms with Crippen molar-refractivity contribution in [3.63, 3.8) is 0 Å². The first-order valence-electron chi connectivity index (χ1n) is 6.70. The third kappa shape index (κ3) is 2.21. The fourth-order valence-corrected chi connectivity index (χ4v) is 4.09. The van der Waals surface area contributed by atoms with Crippen LogP contribution in [0, 0.1) is 0 Å². The molecule has 0 amide bonds. The molecule has 1 unspecified atom stereocenters. The normalized spacial score (nSPS) is 23.9. The van der Waals surface area contributed by atoms with E-state index in [0.717, 1.165) is 30.0 Å². The quantitative estimate of drug-likeness (QED) is 0.763. The number of likely N-dealkylation sites (N-methyl/N-ethyl adjacent to an activating group) is 1. The molecule has 18 heavy (non-hydrogen) atoms. The molecule has 0 bridgehead atoms.